The van der Waals surface area contributed by atoms with E-state index in [1.807, 2.05) is 0 Å². The molecule has 2 rings (SSSR count). The first kappa shape index (κ1) is 23.9. The number of rotatable bonds is 9. The van der Waals surface area contributed by atoms with Gasteiger partial charge in [-0.05, 0) is 24.1 Å². The number of carbonyl (C=O) groups excluding carboxylic acids is 2. The average Bonchev–Trinajstić information content (AvgIpc) is 2.72. The number of nitro groups is 1. The summed E-state index contributed by atoms with van der Waals surface area (Å²) in [6, 6.07) is 8.66. The Morgan fingerprint density at radius 2 is 1.81 bits per heavy atom. The predicted octanol–water partition coefficient (Wildman–Crippen LogP) is 2.22. The van der Waals surface area contributed by atoms with Crippen LogP contribution >= 0.6 is 0 Å². The largest absolute Gasteiger partial charge is 0.454 e. The summed E-state index contributed by atoms with van der Waals surface area (Å²) >= 11 is 0. The molecule has 0 saturated heterocycles. The molecule has 1 atom stereocenters. The van der Waals surface area contributed by atoms with Gasteiger partial charge in [-0.2, -0.15) is 4.72 Å². The second kappa shape index (κ2) is 10.1. The van der Waals surface area contributed by atoms with Gasteiger partial charge in [-0.3, -0.25) is 19.7 Å². The van der Waals surface area contributed by atoms with Crippen LogP contribution in [-0.2, 0) is 24.3 Å². The van der Waals surface area contributed by atoms with Crippen LogP contribution in [0.15, 0.2) is 53.4 Å². The normalized spacial score (nSPS) is 12.3. The Morgan fingerprint density at radius 1 is 1.16 bits per heavy atom. The number of anilines is 1. The zero-order valence-corrected chi connectivity index (χ0v) is 17.4. The molecule has 31 heavy (non-hydrogen) atoms. The van der Waals surface area contributed by atoms with E-state index in [9.17, 15) is 32.5 Å². The Hall–Kier alpha value is -3.38. The van der Waals surface area contributed by atoms with Gasteiger partial charge >= 0.3 is 5.97 Å². The van der Waals surface area contributed by atoms with Crippen LogP contribution in [0.25, 0.3) is 0 Å². The van der Waals surface area contributed by atoms with Crippen molar-refractivity contribution in [3.05, 3.63) is 64.5 Å². The lowest BCUT2D eigenvalue weighted by Crippen LogP contribution is -2.45. The standard InChI is InChI=1S/C19H20FN3O7S/c1-12(2)18(22-31(28,29)14-6-4-3-5-7-14)19(25)30-11-17(24)21-16-10-13(23(26)27)8-9-15(16)20/h3-10,12,18,22H,11H2,1-2H3,(H,21,24)/t18-/m0/s1. The Bertz CT molecular complexity index is 1080. The van der Waals surface area contributed by atoms with Gasteiger partial charge in [-0.25, -0.2) is 12.8 Å². The van der Waals surface area contributed by atoms with Crippen molar-refractivity contribution < 1.29 is 32.1 Å². The van der Waals surface area contributed by atoms with Crippen LogP contribution in [-0.4, -0.2) is 37.9 Å². The molecule has 0 heterocycles. The van der Waals surface area contributed by atoms with Crippen LogP contribution in [0.3, 0.4) is 0 Å². The summed E-state index contributed by atoms with van der Waals surface area (Å²) in [6.07, 6.45) is 0. The lowest BCUT2D eigenvalue weighted by Gasteiger charge is -2.20. The number of amides is 1. The summed E-state index contributed by atoms with van der Waals surface area (Å²) in [7, 11) is -4.02. The first-order valence-electron chi connectivity index (χ1n) is 8.99. The first-order chi connectivity index (χ1) is 14.5. The van der Waals surface area contributed by atoms with Gasteiger partial charge in [0, 0.05) is 12.1 Å². The number of hydrogen-bond donors (Lipinski definition) is 2. The van der Waals surface area contributed by atoms with Gasteiger partial charge < -0.3 is 10.1 Å². The van der Waals surface area contributed by atoms with Crippen LogP contribution < -0.4 is 10.0 Å². The van der Waals surface area contributed by atoms with Gasteiger partial charge in [-0.15, -0.1) is 0 Å². The van der Waals surface area contributed by atoms with Crippen molar-refractivity contribution in [3.8, 4) is 0 Å². The van der Waals surface area contributed by atoms with Crippen molar-refractivity contribution in [2.24, 2.45) is 5.92 Å². The molecule has 10 nitrogen and oxygen atoms in total. The van der Waals surface area contributed by atoms with Gasteiger partial charge in [-0.1, -0.05) is 32.0 Å². The third kappa shape index (κ3) is 6.55. The second-order valence-corrected chi connectivity index (χ2v) is 8.45. The van der Waals surface area contributed by atoms with Gasteiger partial charge in [0.1, 0.15) is 11.9 Å². The summed E-state index contributed by atoms with van der Waals surface area (Å²) in [5.74, 6) is -3.39. The van der Waals surface area contributed by atoms with Crippen molar-refractivity contribution in [1.29, 1.82) is 0 Å². The number of nitro benzene ring substituents is 1. The van der Waals surface area contributed by atoms with Crippen molar-refractivity contribution in [3.63, 3.8) is 0 Å². The minimum atomic E-state index is -4.02. The Labute approximate surface area is 177 Å². The third-order valence-electron chi connectivity index (χ3n) is 4.04. The highest BCUT2D eigenvalue weighted by Crippen LogP contribution is 2.21. The lowest BCUT2D eigenvalue weighted by atomic mass is 10.1. The predicted molar refractivity (Wildman–Crippen MR) is 108 cm³/mol. The maximum atomic E-state index is 13.8. The van der Waals surface area contributed by atoms with E-state index >= 15 is 0 Å². The number of sulfonamides is 1. The van der Waals surface area contributed by atoms with Crippen LogP contribution in [0, 0.1) is 21.8 Å². The molecule has 0 spiro atoms. The van der Waals surface area contributed by atoms with Crippen LogP contribution in [0.5, 0.6) is 0 Å². The average molecular weight is 453 g/mol. The first-order valence-corrected chi connectivity index (χ1v) is 10.5. The molecule has 1 amide bonds. The Kier molecular flexibility index (Phi) is 7.78. The van der Waals surface area contributed by atoms with Crippen molar-refractivity contribution in [1.82, 2.24) is 4.72 Å². The summed E-state index contributed by atoms with van der Waals surface area (Å²) in [6.45, 7) is 2.31. The van der Waals surface area contributed by atoms with E-state index in [0.717, 1.165) is 18.2 Å². The summed E-state index contributed by atoms with van der Waals surface area (Å²) in [4.78, 5) is 34.3. The highest BCUT2D eigenvalue weighted by molar-refractivity contribution is 7.89. The summed E-state index contributed by atoms with van der Waals surface area (Å²) in [5.41, 5.74) is -0.899. The van der Waals surface area contributed by atoms with E-state index in [4.69, 9.17) is 4.74 Å². The van der Waals surface area contributed by atoms with Crippen molar-refractivity contribution in [2.45, 2.75) is 24.8 Å². The smallest absolute Gasteiger partial charge is 0.324 e. The molecule has 2 N–H and O–H groups in total. The Balaban J connectivity index is 2.03. The number of halogens is 1. The van der Waals surface area contributed by atoms with Crippen molar-refractivity contribution >= 4 is 33.3 Å². The van der Waals surface area contributed by atoms with E-state index < -0.39 is 62.6 Å². The minimum absolute atomic E-state index is 0.0488. The fourth-order valence-corrected chi connectivity index (χ4v) is 3.78. The number of nitrogens with one attached hydrogen (secondary N) is 2. The van der Waals surface area contributed by atoms with E-state index in [1.165, 1.54) is 24.3 Å². The van der Waals surface area contributed by atoms with E-state index in [0.29, 0.717) is 0 Å². The van der Waals surface area contributed by atoms with Crippen LogP contribution in [0.1, 0.15) is 13.8 Å². The number of ether oxygens (including phenoxy) is 1. The molecule has 0 unspecified atom stereocenters. The molecule has 2 aromatic carbocycles. The lowest BCUT2D eigenvalue weighted by molar-refractivity contribution is -0.384. The van der Waals surface area contributed by atoms with E-state index in [-0.39, 0.29) is 4.90 Å². The SMILES string of the molecule is CC(C)[C@H](NS(=O)(=O)c1ccccc1)C(=O)OCC(=O)Nc1cc([N+](=O)[O-])ccc1F. The number of carbonyl (C=O) groups is 2. The molecule has 12 heteroatoms. The monoisotopic (exact) mass is 453 g/mol. The molecular weight excluding hydrogens is 433 g/mol. The maximum absolute atomic E-state index is 13.8. The molecule has 0 aliphatic heterocycles. The topological polar surface area (TPSA) is 145 Å². The number of non-ortho nitro benzene ring substituents is 1. The number of esters is 1. The van der Waals surface area contributed by atoms with E-state index in [1.54, 1.807) is 19.9 Å². The van der Waals surface area contributed by atoms with Crippen LogP contribution in [0.2, 0.25) is 0 Å². The van der Waals surface area contributed by atoms with Crippen LogP contribution in [0.4, 0.5) is 15.8 Å². The third-order valence-corrected chi connectivity index (χ3v) is 5.49. The molecule has 0 bridgehead atoms. The molecular formula is C19H20FN3O7S. The molecule has 166 valence electrons. The molecule has 0 saturated carbocycles. The number of nitrogens with zero attached hydrogens (tertiary/aromatic N) is 1. The highest BCUT2D eigenvalue weighted by atomic mass is 32.2. The highest BCUT2D eigenvalue weighted by Gasteiger charge is 2.30. The zero-order valence-electron chi connectivity index (χ0n) is 16.6. The van der Waals surface area contributed by atoms with E-state index in [2.05, 4.69) is 10.0 Å². The molecule has 0 radical (unpaired) electrons. The Morgan fingerprint density at radius 3 is 2.39 bits per heavy atom. The molecule has 2 aromatic rings. The minimum Gasteiger partial charge on any atom is -0.454 e. The number of hydrogen-bond acceptors (Lipinski definition) is 7. The van der Waals surface area contributed by atoms with Gasteiger partial charge in [0.15, 0.2) is 6.61 Å². The second-order valence-electron chi connectivity index (χ2n) is 6.73. The van der Waals surface area contributed by atoms with Gasteiger partial charge in [0.25, 0.3) is 11.6 Å². The number of benzene rings is 2. The fourth-order valence-electron chi connectivity index (χ4n) is 2.43. The molecule has 0 fully saturated rings. The zero-order chi connectivity index (χ0) is 23.2. The molecule has 0 aliphatic carbocycles. The van der Waals surface area contributed by atoms with Gasteiger partial charge in [0.05, 0.1) is 15.5 Å². The van der Waals surface area contributed by atoms with Gasteiger partial charge in [0.2, 0.25) is 10.0 Å². The molecule has 0 aromatic heterocycles. The van der Waals surface area contributed by atoms with Crippen molar-refractivity contribution in [2.75, 3.05) is 11.9 Å². The fraction of sp³-hybridized carbons (Fsp3) is 0.263. The maximum Gasteiger partial charge on any atom is 0.324 e. The quantitative estimate of drug-likeness (QED) is 0.336. The molecule has 0 aliphatic rings. The summed E-state index contributed by atoms with van der Waals surface area (Å²) in [5, 5.41) is 12.8. The summed E-state index contributed by atoms with van der Waals surface area (Å²) < 4.78 is 45.8.